The third-order valence-electron chi connectivity index (χ3n) is 1.99. The molecule has 0 aliphatic rings. The second kappa shape index (κ2) is 5.26. The summed E-state index contributed by atoms with van der Waals surface area (Å²) in [6.07, 6.45) is 0.997. The SMILES string of the molecule is Cc1nsc(N(CCCN)C(C)C)n1. The third kappa shape index (κ3) is 2.92. The minimum absolute atomic E-state index is 0.453. The molecule has 0 saturated carbocycles. The van der Waals surface area contributed by atoms with Crippen LogP contribution in [0.15, 0.2) is 0 Å². The number of hydrogen-bond donors (Lipinski definition) is 1. The van der Waals surface area contributed by atoms with Crippen molar-refractivity contribution >= 4 is 16.7 Å². The van der Waals surface area contributed by atoms with E-state index >= 15 is 0 Å². The summed E-state index contributed by atoms with van der Waals surface area (Å²) < 4.78 is 4.19. The second-order valence-electron chi connectivity index (χ2n) is 3.55. The van der Waals surface area contributed by atoms with E-state index in [1.807, 2.05) is 6.92 Å². The monoisotopic (exact) mass is 214 g/mol. The number of rotatable bonds is 5. The highest BCUT2D eigenvalue weighted by atomic mass is 32.1. The van der Waals surface area contributed by atoms with E-state index in [2.05, 4.69) is 28.1 Å². The largest absolute Gasteiger partial charge is 0.344 e. The van der Waals surface area contributed by atoms with Gasteiger partial charge >= 0.3 is 0 Å². The first-order valence-electron chi connectivity index (χ1n) is 4.92. The molecule has 1 rings (SSSR count). The molecule has 80 valence electrons. The first-order valence-corrected chi connectivity index (χ1v) is 5.69. The van der Waals surface area contributed by atoms with Gasteiger partial charge in [0.1, 0.15) is 5.82 Å². The molecule has 0 spiro atoms. The van der Waals surface area contributed by atoms with Gasteiger partial charge in [0, 0.05) is 24.1 Å². The summed E-state index contributed by atoms with van der Waals surface area (Å²) in [5.41, 5.74) is 5.50. The maximum absolute atomic E-state index is 5.50. The smallest absolute Gasteiger partial charge is 0.205 e. The Bertz CT molecular complexity index is 272. The molecule has 0 atom stereocenters. The molecule has 0 aromatic carbocycles. The normalized spacial score (nSPS) is 10.9. The van der Waals surface area contributed by atoms with Crippen molar-refractivity contribution in [3.8, 4) is 0 Å². The standard InChI is InChI=1S/C9H18N4S/c1-7(2)13(6-4-5-10)9-11-8(3)12-14-9/h7H,4-6,10H2,1-3H3. The van der Waals surface area contributed by atoms with Crippen LogP contribution in [0.4, 0.5) is 5.13 Å². The van der Waals surface area contributed by atoms with Crippen LogP contribution in [-0.2, 0) is 0 Å². The highest BCUT2D eigenvalue weighted by Gasteiger charge is 2.13. The zero-order valence-electron chi connectivity index (χ0n) is 9.03. The molecule has 4 nitrogen and oxygen atoms in total. The average Bonchev–Trinajstić information content (AvgIpc) is 2.52. The van der Waals surface area contributed by atoms with Crippen LogP contribution in [0.25, 0.3) is 0 Å². The van der Waals surface area contributed by atoms with Crippen LogP contribution in [0.3, 0.4) is 0 Å². The Hall–Kier alpha value is -0.680. The molecule has 5 heteroatoms. The summed E-state index contributed by atoms with van der Waals surface area (Å²) in [5, 5.41) is 1.01. The van der Waals surface area contributed by atoms with Crippen molar-refractivity contribution in [1.82, 2.24) is 9.36 Å². The molecule has 0 aliphatic carbocycles. The minimum Gasteiger partial charge on any atom is -0.344 e. The van der Waals surface area contributed by atoms with Crippen molar-refractivity contribution in [3.63, 3.8) is 0 Å². The van der Waals surface area contributed by atoms with Crippen molar-refractivity contribution < 1.29 is 0 Å². The lowest BCUT2D eigenvalue weighted by atomic mass is 10.3. The number of anilines is 1. The van der Waals surface area contributed by atoms with Gasteiger partial charge in [-0.05, 0) is 33.7 Å². The van der Waals surface area contributed by atoms with Crippen LogP contribution >= 0.6 is 11.5 Å². The third-order valence-corrected chi connectivity index (χ3v) is 2.83. The quantitative estimate of drug-likeness (QED) is 0.805. The van der Waals surface area contributed by atoms with E-state index in [-0.39, 0.29) is 0 Å². The van der Waals surface area contributed by atoms with Crippen LogP contribution in [0.1, 0.15) is 26.1 Å². The second-order valence-corrected chi connectivity index (χ2v) is 4.28. The molecule has 0 aliphatic heterocycles. The molecule has 0 unspecified atom stereocenters. The molecule has 2 N–H and O–H groups in total. The molecule has 0 fully saturated rings. The molecule has 1 aromatic rings. The van der Waals surface area contributed by atoms with Gasteiger partial charge in [-0.3, -0.25) is 0 Å². The van der Waals surface area contributed by atoms with E-state index in [0.717, 1.165) is 30.5 Å². The highest BCUT2D eigenvalue weighted by Crippen LogP contribution is 2.19. The van der Waals surface area contributed by atoms with Gasteiger partial charge in [-0.15, -0.1) is 0 Å². The molecule has 0 bridgehead atoms. The summed E-state index contributed by atoms with van der Waals surface area (Å²) in [6, 6.07) is 0.453. The molecule has 1 heterocycles. The van der Waals surface area contributed by atoms with E-state index in [1.54, 1.807) is 0 Å². The van der Waals surface area contributed by atoms with Gasteiger partial charge in [-0.25, -0.2) is 4.98 Å². The zero-order chi connectivity index (χ0) is 10.6. The molecular formula is C9H18N4S. The van der Waals surface area contributed by atoms with Crippen molar-refractivity contribution in [2.45, 2.75) is 33.2 Å². The van der Waals surface area contributed by atoms with Crippen molar-refractivity contribution in [2.24, 2.45) is 5.73 Å². The van der Waals surface area contributed by atoms with Crippen LogP contribution in [0, 0.1) is 6.92 Å². The topological polar surface area (TPSA) is 55.0 Å². The number of aromatic nitrogens is 2. The van der Waals surface area contributed by atoms with Gasteiger partial charge in [-0.2, -0.15) is 4.37 Å². The van der Waals surface area contributed by atoms with Crippen molar-refractivity contribution in [3.05, 3.63) is 5.82 Å². The van der Waals surface area contributed by atoms with E-state index in [1.165, 1.54) is 11.5 Å². The van der Waals surface area contributed by atoms with Crippen molar-refractivity contribution in [1.29, 1.82) is 0 Å². The lowest BCUT2D eigenvalue weighted by Crippen LogP contribution is -2.32. The Morgan fingerprint density at radius 3 is 2.64 bits per heavy atom. The van der Waals surface area contributed by atoms with Gasteiger partial charge in [0.05, 0.1) is 0 Å². The first kappa shape index (κ1) is 11.4. The first-order chi connectivity index (χ1) is 6.65. The Morgan fingerprint density at radius 2 is 2.21 bits per heavy atom. The van der Waals surface area contributed by atoms with Crippen molar-refractivity contribution in [2.75, 3.05) is 18.0 Å². The van der Waals surface area contributed by atoms with Gasteiger partial charge < -0.3 is 10.6 Å². The minimum atomic E-state index is 0.453. The van der Waals surface area contributed by atoms with E-state index in [4.69, 9.17) is 5.73 Å². The summed E-state index contributed by atoms with van der Waals surface area (Å²) >= 11 is 1.46. The fraction of sp³-hybridized carbons (Fsp3) is 0.778. The number of hydrogen-bond acceptors (Lipinski definition) is 5. The van der Waals surface area contributed by atoms with E-state index < -0.39 is 0 Å². The number of nitrogens with zero attached hydrogens (tertiary/aromatic N) is 3. The van der Waals surface area contributed by atoms with Crippen LogP contribution in [0.5, 0.6) is 0 Å². The Balaban J connectivity index is 2.67. The van der Waals surface area contributed by atoms with Crippen LogP contribution in [-0.4, -0.2) is 28.5 Å². The highest BCUT2D eigenvalue weighted by molar-refractivity contribution is 7.09. The van der Waals surface area contributed by atoms with Crippen LogP contribution in [0.2, 0.25) is 0 Å². The summed E-state index contributed by atoms with van der Waals surface area (Å²) in [4.78, 5) is 6.63. The van der Waals surface area contributed by atoms with E-state index in [0.29, 0.717) is 6.04 Å². The Morgan fingerprint density at radius 1 is 1.50 bits per heavy atom. The predicted octanol–water partition coefficient (Wildman–Crippen LogP) is 1.41. The number of aryl methyl sites for hydroxylation is 1. The van der Waals surface area contributed by atoms with Gasteiger partial charge in [0.25, 0.3) is 0 Å². The summed E-state index contributed by atoms with van der Waals surface area (Å²) in [6.45, 7) is 7.92. The Kier molecular flexibility index (Phi) is 4.28. The summed E-state index contributed by atoms with van der Waals surface area (Å²) in [7, 11) is 0. The zero-order valence-corrected chi connectivity index (χ0v) is 9.84. The predicted molar refractivity (Wildman–Crippen MR) is 60.8 cm³/mol. The number of nitrogens with two attached hydrogens (primary N) is 1. The fourth-order valence-electron chi connectivity index (χ4n) is 1.24. The lowest BCUT2D eigenvalue weighted by molar-refractivity contribution is 0.654. The van der Waals surface area contributed by atoms with E-state index in [9.17, 15) is 0 Å². The van der Waals surface area contributed by atoms with Gasteiger partial charge in [0.2, 0.25) is 5.13 Å². The average molecular weight is 214 g/mol. The molecule has 0 saturated heterocycles. The molecule has 0 radical (unpaired) electrons. The maximum atomic E-state index is 5.50. The van der Waals surface area contributed by atoms with Gasteiger partial charge in [0.15, 0.2) is 0 Å². The molecule has 1 aromatic heterocycles. The maximum Gasteiger partial charge on any atom is 0.205 e. The van der Waals surface area contributed by atoms with Gasteiger partial charge in [-0.1, -0.05) is 0 Å². The molecule has 14 heavy (non-hydrogen) atoms. The molecular weight excluding hydrogens is 196 g/mol. The summed E-state index contributed by atoms with van der Waals surface area (Å²) in [5.74, 6) is 0.850. The molecule has 0 amide bonds. The van der Waals surface area contributed by atoms with Crippen LogP contribution < -0.4 is 10.6 Å². The Labute approximate surface area is 89.3 Å². The lowest BCUT2D eigenvalue weighted by Gasteiger charge is -2.25. The fourth-order valence-corrected chi connectivity index (χ4v) is 2.07.